The highest BCUT2D eigenvalue weighted by Gasteiger charge is 2.57. The summed E-state index contributed by atoms with van der Waals surface area (Å²) in [6, 6.07) is 47.2. The van der Waals surface area contributed by atoms with E-state index in [2.05, 4.69) is 155 Å². The van der Waals surface area contributed by atoms with E-state index in [4.69, 9.17) is 12.6 Å². The summed E-state index contributed by atoms with van der Waals surface area (Å²) in [5.41, 5.74) is 10.4. The normalized spacial score (nSPS) is 19.0. The molecule has 0 unspecified atom stereocenters. The van der Waals surface area contributed by atoms with Crippen LogP contribution >= 0.6 is 12.6 Å². The van der Waals surface area contributed by atoms with Gasteiger partial charge in [-0.1, -0.05) is 155 Å². The van der Waals surface area contributed by atoms with Crippen LogP contribution in [0.5, 0.6) is 0 Å². The van der Waals surface area contributed by atoms with Crippen molar-refractivity contribution in [3.63, 3.8) is 0 Å². The molecule has 0 amide bonds. The molecular formula is C40H38S. The van der Waals surface area contributed by atoms with Crippen molar-refractivity contribution in [1.29, 1.82) is 0 Å². The van der Waals surface area contributed by atoms with Crippen LogP contribution in [0.15, 0.2) is 132 Å². The van der Waals surface area contributed by atoms with Gasteiger partial charge in [-0.25, -0.2) is 0 Å². The van der Waals surface area contributed by atoms with Gasteiger partial charge in [-0.2, -0.15) is 0 Å². The maximum atomic E-state index is 5.67. The van der Waals surface area contributed by atoms with Crippen molar-refractivity contribution in [2.75, 3.05) is 0 Å². The Morgan fingerprint density at radius 1 is 0.439 bits per heavy atom. The zero-order valence-corrected chi connectivity index (χ0v) is 25.4. The van der Waals surface area contributed by atoms with Crippen LogP contribution in [0.1, 0.15) is 85.0 Å². The molecule has 0 fully saturated rings. The van der Waals surface area contributed by atoms with Gasteiger partial charge in [-0.05, 0) is 68.2 Å². The van der Waals surface area contributed by atoms with E-state index in [1.165, 1.54) is 44.5 Å². The van der Waals surface area contributed by atoms with E-state index >= 15 is 0 Å². The molecule has 0 radical (unpaired) electrons. The van der Waals surface area contributed by atoms with Gasteiger partial charge in [0.2, 0.25) is 0 Å². The summed E-state index contributed by atoms with van der Waals surface area (Å²) in [4.78, 5) is 1.16. The first kappa shape index (κ1) is 26.4. The van der Waals surface area contributed by atoms with Gasteiger partial charge in [0.05, 0.1) is 0 Å². The Bertz CT molecular complexity index is 1510. The van der Waals surface area contributed by atoms with Crippen molar-refractivity contribution in [2.45, 2.75) is 67.1 Å². The van der Waals surface area contributed by atoms with Crippen LogP contribution in [0.3, 0.4) is 0 Å². The average Bonchev–Trinajstić information content (AvgIpc) is 3.41. The summed E-state index contributed by atoms with van der Waals surface area (Å²) in [5.74, 6) is 0. The first-order valence-corrected chi connectivity index (χ1v) is 15.3. The number of thiol groups is 1. The van der Waals surface area contributed by atoms with Crippen molar-refractivity contribution < 1.29 is 0 Å². The Balaban J connectivity index is 1.65. The molecule has 0 aromatic heterocycles. The predicted octanol–water partition coefficient (Wildman–Crippen LogP) is 10.0. The highest BCUT2D eigenvalue weighted by atomic mass is 32.1. The molecule has 0 aliphatic heterocycles. The van der Waals surface area contributed by atoms with Gasteiger partial charge in [0.1, 0.15) is 0 Å². The van der Waals surface area contributed by atoms with E-state index < -0.39 is 0 Å². The molecule has 1 heteroatoms. The molecule has 0 spiro atoms. The zero-order valence-electron chi connectivity index (χ0n) is 24.5. The fourth-order valence-electron chi connectivity index (χ4n) is 8.50. The van der Waals surface area contributed by atoms with Gasteiger partial charge in [-0.15, -0.1) is 12.6 Å². The maximum absolute atomic E-state index is 5.67. The topological polar surface area (TPSA) is 0 Å². The summed E-state index contributed by atoms with van der Waals surface area (Å²) in [5, 5.41) is 0. The molecule has 0 saturated carbocycles. The molecule has 5 aromatic rings. The monoisotopic (exact) mass is 550 g/mol. The fraction of sp³-hybridized carbons (Fsp3) is 0.250. The second-order valence-corrected chi connectivity index (χ2v) is 13.9. The quantitative estimate of drug-likeness (QED) is 0.212. The van der Waals surface area contributed by atoms with E-state index in [1.807, 2.05) is 0 Å². The standard InChI is InChI=1S/C40H38S/c1-37(2)26-39(28-17-9-5-10-18-28,29-19-11-6-12-20-29)34-32(37)25-33-35(36(34)41)40(27-38(33,3)4,30-21-13-7-14-22-30)31-23-15-8-16-24-31/h5-25,41H,26-27H2,1-4H3. The van der Waals surface area contributed by atoms with Crippen molar-refractivity contribution >= 4 is 12.6 Å². The van der Waals surface area contributed by atoms with E-state index in [1.54, 1.807) is 0 Å². The third-order valence-electron chi connectivity index (χ3n) is 10.1. The third-order valence-corrected chi connectivity index (χ3v) is 10.5. The summed E-state index contributed by atoms with van der Waals surface area (Å²) in [6.45, 7) is 9.73. The first-order valence-electron chi connectivity index (χ1n) is 14.9. The molecule has 7 rings (SSSR count). The summed E-state index contributed by atoms with van der Waals surface area (Å²) in [6.07, 6.45) is 2.01. The minimum Gasteiger partial charge on any atom is -0.143 e. The maximum Gasteiger partial charge on any atom is 0.0473 e. The van der Waals surface area contributed by atoms with Gasteiger partial charge in [0.15, 0.2) is 0 Å². The lowest BCUT2D eigenvalue weighted by Crippen LogP contribution is -2.31. The van der Waals surface area contributed by atoms with Crippen LogP contribution in [0.2, 0.25) is 0 Å². The number of fused-ring (bicyclic) bond motifs is 2. The molecule has 0 saturated heterocycles. The van der Waals surface area contributed by atoms with Crippen LogP contribution in [0.25, 0.3) is 0 Å². The number of benzene rings is 5. The highest BCUT2D eigenvalue weighted by molar-refractivity contribution is 7.80. The smallest absolute Gasteiger partial charge is 0.0473 e. The molecule has 5 aromatic carbocycles. The lowest BCUT2D eigenvalue weighted by molar-refractivity contribution is 0.433. The Kier molecular flexibility index (Phi) is 5.93. The van der Waals surface area contributed by atoms with E-state index in [0.29, 0.717) is 0 Å². The SMILES string of the molecule is CC1(C)CC(c2ccccc2)(c2ccccc2)c2c1cc1c(c2S)C(c2ccccc2)(c2ccccc2)CC1(C)C. The van der Waals surface area contributed by atoms with Gasteiger partial charge in [0, 0.05) is 15.7 Å². The molecular weight excluding hydrogens is 513 g/mol. The fourth-order valence-corrected chi connectivity index (χ4v) is 9.13. The Morgan fingerprint density at radius 2 is 0.707 bits per heavy atom. The minimum absolute atomic E-state index is 0.0195. The second-order valence-electron chi connectivity index (χ2n) is 13.5. The Labute approximate surface area is 250 Å². The van der Waals surface area contributed by atoms with Gasteiger partial charge < -0.3 is 0 Å². The van der Waals surface area contributed by atoms with Crippen LogP contribution in [-0.4, -0.2) is 0 Å². The van der Waals surface area contributed by atoms with Crippen LogP contribution in [0.4, 0.5) is 0 Å². The second kappa shape index (κ2) is 9.23. The molecule has 2 aliphatic rings. The third kappa shape index (κ3) is 3.68. The van der Waals surface area contributed by atoms with Gasteiger partial charge in [-0.3, -0.25) is 0 Å². The minimum atomic E-state index is -0.292. The molecule has 41 heavy (non-hydrogen) atoms. The average molecular weight is 551 g/mol. The summed E-state index contributed by atoms with van der Waals surface area (Å²) < 4.78 is 0. The van der Waals surface area contributed by atoms with Gasteiger partial charge >= 0.3 is 0 Å². The van der Waals surface area contributed by atoms with Crippen LogP contribution < -0.4 is 0 Å². The summed E-state index contributed by atoms with van der Waals surface area (Å²) in [7, 11) is 0. The van der Waals surface area contributed by atoms with Crippen molar-refractivity contribution in [3.8, 4) is 0 Å². The van der Waals surface area contributed by atoms with E-state index in [9.17, 15) is 0 Å². The molecule has 0 atom stereocenters. The number of hydrogen-bond donors (Lipinski definition) is 1. The number of rotatable bonds is 4. The highest BCUT2D eigenvalue weighted by Crippen LogP contribution is 2.64. The number of hydrogen-bond acceptors (Lipinski definition) is 1. The van der Waals surface area contributed by atoms with Crippen molar-refractivity contribution in [2.24, 2.45) is 0 Å². The lowest BCUT2D eigenvalue weighted by Gasteiger charge is -2.37. The van der Waals surface area contributed by atoms with E-state index in [0.717, 1.165) is 17.7 Å². The van der Waals surface area contributed by atoms with Crippen LogP contribution in [0, 0.1) is 0 Å². The molecule has 204 valence electrons. The lowest BCUT2D eigenvalue weighted by atomic mass is 9.66. The van der Waals surface area contributed by atoms with Gasteiger partial charge in [0.25, 0.3) is 0 Å². The largest absolute Gasteiger partial charge is 0.143 e. The predicted molar refractivity (Wildman–Crippen MR) is 175 cm³/mol. The Morgan fingerprint density at radius 3 is 0.976 bits per heavy atom. The molecule has 0 N–H and O–H groups in total. The Hall–Kier alpha value is -3.55. The molecule has 0 bridgehead atoms. The van der Waals surface area contributed by atoms with Crippen LogP contribution in [-0.2, 0) is 21.7 Å². The summed E-state index contributed by atoms with van der Waals surface area (Å²) >= 11 is 5.67. The first-order chi connectivity index (χ1) is 19.7. The zero-order chi connectivity index (χ0) is 28.5. The van der Waals surface area contributed by atoms with Crippen molar-refractivity contribution in [1.82, 2.24) is 0 Å². The van der Waals surface area contributed by atoms with Crippen molar-refractivity contribution in [3.05, 3.63) is 172 Å². The van der Waals surface area contributed by atoms with E-state index in [-0.39, 0.29) is 21.7 Å². The molecule has 0 nitrogen and oxygen atoms in total. The molecule has 2 aliphatic carbocycles. The molecule has 0 heterocycles.